The van der Waals surface area contributed by atoms with Crippen molar-refractivity contribution in [3.63, 3.8) is 0 Å². The molecule has 3 aliphatic rings. The number of para-hydroxylation sites is 4. The van der Waals surface area contributed by atoms with Crippen molar-refractivity contribution in [2.75, 3.05) is 4.90 Å². The van der Waals surface area contributed by atoms with E-state index < -0.39 is 5.41 Å². The van der Waals surface area contributed by atoms with Gasteiger partial charge in [-0.05, 0) is 82.8 Å². The number of aromatic nitrogens is 1. The van der Waals surface area contributed by atoms with Crippen LogP contribution in [0.3, 0.4) is 0 Å². The molecule has 0 bridgehead atoms. The molecule has 12 rings (SSSR count). The Kier molecular flexibility index (Phi) is 6.80. The molecule has 3 heteroatoms. The molecule has 266 valence electrons. The molecule has 2 aliphatic carbocycles. The molecule has 3 heterocycles. The molecule has 56 heavy (non-hydrogen) atoms. The van der Waals surface area contributed by atoms with Crippen molar-refractivity contribution in [1.29, 1.82) is 0 Å². The summed E-state index contributed by atoms with van der Waals surface area (Å²) in [6, 6.07) is 66.9. The Morgan fingerprint density at radius 2 is 1.23 bits per heavy atom. The third-order valence-corrected chi connectivity index (χ3v) is 12.8. The van der Waals surface area contributed by atoms with Crippen molar-refractivity contribution in [2.45, 2.75) is 30.2 Å². The fraction of sp³-hybridized carbons (Fsp3) is 0.0943. The van der Waals surface area contributed by atoms with E-state index in [9.17, 15) is 0 Å². The van der Waals surface area contributed by atoms with E-state index in [1.807, 2.05) is 0 Å². The lowest BCUT2D eigenvalue weighted by molar-refractivity contribution is 0.433. The highest BCUT2D eigenvalue weighted by Crippen LogP contribution is 2.64. The first-order valence-electron chi connectivity index (χ1n) is 19.8. The topological polar surface area (TPSA) is 21.3 Å². The average Bonchev–Trinajstić information content (AvgIpc) is 3.82. The second kappa shape index (κ2) is 12.1. The molecule has 0 N–H and O–H groups in total. The Labute approximate surface area is 326 Å². The van der Waals surface area contributed by atoms with Gasteiger partial charge in [0.15, 0.2) is 0 Å². The molecule has 0 saturated carbocycles. The number of nitrogens with zero attached hydrogens (tertiary/aromatic N) is 2. The summed E-state index contributed by atoms with van der Waals surface area (Å²) < 4.78 is 9.54. The summed E-state index contributed by atoms with van der Waals surface area (Å²) in [4.78, 5) is 2.54. The Hall–Kier alpha value is -6.84. The van der Waals surface area contributed by atoms with E-state index in [4.69, 9.17) is 4.42 Å². The van der Waals surface area contributed by atoms with Gasteiger partial charge in [-0.15, -0.1) is 0 Å². The molecule has 9 aromatic rings. The molecule has 1 aliphatic heterocycles. The first-order valence-corrected chi connectivity index (χ1v) is 19.8. The number of rotatable bonds is 5. The highest BCUT2D eigenvalue weighted by atomic mass is 16.3. The molecule has 0 amide bonds. The predicted molar refractivity (Wildman–Crippen MR) is 231 cm³/mol. The Morgan fingerprint density at radius 1 is 0.589 bits per heavy atom. The molecule has 0 fully saturated rings. The minimum absolute atomic E-state index is 0.0611. The normalized spacial score (nSPS) is 19.6. The summed E-state index contributed by atoms with van der Waals surface area (Å²) in [7, 11) is 0. The van der Waals surface area contributed by atoms with Gasteiger partial charge in [-0.1, -0.05) is 152 Å². The zero-order valence-corrected chi connectivity index (χ0v) is 30.8. The highest BCUT2D eigenvalue weighted by Gasteiger charge is 2.56. The maximum atomic E-state index is 6.92. The summed E-state index contributed by atoms with van der Waals surface area (Å²) in [5.74, 6) is 1.08. The van der Waals surface area contributed by atoms with E-state index >= 15 is 0 Å². The summed E-state index contributed by atoms with van der Waals surface area (Å²) >= 11 is 0. The largest absolute Gasteiger partial charge is 0.456 e. The SMILES string of the molecule is C1=C2C(=CC(N(c3ccccc3)c3ccccc3)C1)C(c1ccccc1)(c1ccc3ccccc3c1)C1Cc3c(oc4ccccc34)-c3c1n2c1ccccc31. The smallest absolute Gasteiger partial charge is 0.141 e. The second-order valence-electron chi connectivity index (χ2n) is 15.5. The fourth-order valence-electron chi connectivity index (χ4n) is 10.6. The number of anilines is 2. The minimum Gasteiger partial charge on any atom is -0.456 e. The number of furan rings is 1. The van der Waals surface area contributed by atoms with Gasteiger partial charge >= 0.3 is 0 Å². The molecular weight excluding hydrogens is 681 g/mol. The Balaban J connectivity index is 1.23. The molecule has 0 saturated heterocycles. The first-order chi connectivity index (χ1) is 27.8. The van der Waals surface area contributed by atoms with Gasteiger partial charge in [0.25, 0.3) is 0 Å². The van der Waals surface area contributed by atoms with Gasteiger partial charge in [0.1, 0.15) is 11.3 Å². The van der Waals surface area contributed by atoms with E-state index in [0.29, 0.717) is 0 Å². The number of fused-ring (bicyclic) bond motifs is 10. The van der Waals surface area contributed by atoms with Crippen molar-refractivity contribution in [1.82, 2.24) is 4.57 Å². The van der Waals surface area contributed by atoms with E-state index in [-0.39, 0.29) is 12.0 Å². The van der Waals surface area contributed by atoms with Crippen LogP contribution in [-0.4, -0.2) is 10.6 Å². The van der Waals surface area contributed by atoms with Crippen LogP contribution in [0.2, 0.25) is 0 Å². The lowest BCUT2D eigenvalue weighted by Gasteiger charge is -2.52. The molecule has 0 spiro atoms. The van der Waals surface area contributed by atoms with Crippen LogP contribution in [0.5, 0.6) is 0 Å². The number of allylic oxidation sites excluding steroid dienone is 2. The predicted octanol–water partition coefficient (Wildman–Crippen LogP) is 13.2. The van der Waals surface area contributed by atoms with Gasteiger partial charge in [-0.25, -0.2) is 0 Å². The summed E-state index contributed by atoms with van der Waals surface area (Å²) in [6.07, 6.45) is 6.87. The second-order valence-corrected chi connectivity index (χ2v) is 15.5. The maximum absolute atomic E-state index is 6.92. The van der Waals surface area contributed by atoms with Crippen LogP contribution < -0.4 is 4.90 Å². The van der Waals surface area contributed by atoms with Crippen molar-refractivity contribution < 1.29 is 4.42 Å². The highest BCUT2D eigenvalue weighted by molar-refractivity contribution is 6.06. The lowest BCUT2D eigenvalue weighted by Crippen LogP contribution is -2.46. The van der Waals surface area contributed by atoms with Gasteiger partial charge in [0.05, 0.1) is 17.0 Å². The molecule has 0 radical (unpaired) electrons. The minimum atomic E-state index is -0.538. The summed E-state index contributed by atoms with van der Waals surface area (Å²) in [5.41, 5.74) is 13.2. The van der Waals surface area contributed by atoms with E-state index in [1.54, 1.807) is 0 Å². The third kappa shape index (κ3) is 4.34. The summed E-state index contributed by atoms with van der Waals surface area (Å²) in [5, 5.41) is 4.96. The zero-order chi connectivity index (χ0) is 36.8. The van der Waals surface area contributed by atoms with Crippen molar-refractivity contribution in [2.24, 2.45) is 0 Å². The fourth-order valence-corrected chi connectivity index (χ4v) is 10.6. The van der Waals surface area contributed by atoms with Gasteiger partial charge in [0, 0.05) is 50.6 Å². The number of hydrogen-bond acceptors (Lipinski definition) is 2. The van der Waals surface area contributed by atoms with Gasteiger partial charge in [0.2, 0.25) is 0 Å². The lowest BCUT2D eigenvalue weighted by atomic mass is 9.54. The van der Waals surface area contributed by atoms with Crippen LogP contribution in [0.15, 0.2) is 204 Å². The standard InChI is InChI=1S/C53H38N2O/c1-4-18-37(19-5-1)53(38-29-28-35-16-10-11-17-36(35)32-38)45-33-41(54(39-20-6-2-7-21-39)40-22-8-3-9-23-40)30-31-48(45)55-47-26-14-12-25-43(47)50-51(55)46(53)34-44-42-24-13-15-27-49(42)56-52(44)50/h1-29,31-33,41,46H,30,34H2. The molecular formula is C53H38N2O. The molecule has 3 nitrogen and oxygen atoms in total. The average molecular weight is 719 g/mol. The van der Waals surface area contributed by atoms with Gasteiger partial charge in [-0.2, -0.15) is 0 Å². The van der Waals surface area contributed by atoms with Crippen LogP contribution in [0, 0.1) is 0 Å². The van der Waals surface area contributed by atoms with E-state index in [2.05, 4.69) is 204 Å². The molecule has 3 atom stereocenters. The van der Waals surface area contributed by atoms with Crippen molar-refractivity contribution in [3.8, 4) is 11.3 Å². The maximum Gasteiger partial charge on any atom is 0.141 e. The van der Waals surface area contributed by atoms with Crippen LogP contribution >= 0.6 is 0 Å². The molecule has 3 unspecified atom stereocenters. The Bertz CT molecular complexity index is 3000. The summed E-state index contributed by atoms with van der Waals surface area (Å²) in [6.45, 7) is 0. The first kappa shape index (κ1) is 31.5. The molecule has 2 aromatic heterocycles. The van der Waals surface area contributed by atoms with Crippen LogP contribution in [0.4, 0.5) is 11.4 Å². The molecule has 7 aromatic carbocycles. The third-order valence-electron chi connectivity index (χ3n) is 12.8. The van der Waals surface area contributed by atoms with Gasteiger partial charge in [-0.3, -0.25) is 0 Å². The van der Waals surface area contributed by atoms with Crippen molar-refractivity contribution >= 4 is 49.7 Å². The number of benzene rings is 7. The van der Waals surface area contributed by atoms with Crippen LogP contribution in [0.25, 0.3) is 49.7 Å². The van der Waals surface area contributed by atoms with E-state index in [0.717, 1.165) is 24.2 Å². The zero-order valence-electron chi connectivity index (χ0n) is 30.8. The van der Waals surface area contributed by atoms with Crippen molar-refractivity contribution in [3.05, 3.63) is 222 Å². The van der Waals surface area contributed by atoms with E-state index in [1.165, 1.54) is 77.7 Å². The number of hydrogen-bond donors (Lipinski definition) is 0. The monoisotopic (exact) mass is 718 g/mol. The quantitative estimate of drug-likeness (QED) is 0.177. The van der Waals surface area contributed by atoms with Gasteiger partial charge < -0.3 is 13.9 Å². The van der Waals surface area contributed by atoms with Crippen LogP contribution in [0.1, 0.15) is 34.7 Å². The Morgan fingerprint density at radius 3 is 2.00 bits per heavy atom. The van der Waals surface area contributed by atoms with Crippen LogP contribution in [-0.2, 0) is 11.8 Å².